The van der Waals surface area contributed by atoms with Gasteiger partial charge in [0.05, 0.1) is 17.8 Å². The van der Waals surface area contributed by atoms with Crippen molar-refractivity contribution in [2.75, 3.05) is 11.3 Å². The fourth-order valence-corrected chi connectivity index (χ4v) is 2.61. The Labute approximate surface area is 131 Å². The van der Waals surface area contributed by atoms with E-state index in [0.29, 0.717) is 30.2 Å². The van der Waals surface area contributed by atoms with E-state index >= 15 is 0 Å². The lowest BCUT2D eigenvalue weighted by Gasteiger charge is -2.18. The van der Waals surface area contributed by atoms with E-state index in [1.54, 1.807) is 23.0 Å². The van der Waals surface area contributed by atoms with E-state index in [4.69, 9.17) is 10.5 Å². The predicted octanol–water partition coefficient (Wildman–Crippen LogP) is 1.70. The highest BCUT2D eigenvalue weighted by molar-refractivity contribution is 7.85. The van der Waals surface area contributed by atoms with Crippen LogP contribution in [0.5, 0.6) is 5.75 Å². The van der Waals surface area contributed by atoms with Crippen molar-refractivity contribution < 1.29 is 8.95 Å². The van der Waals surface area contributed by atoms with Crippen molar-refractivity contribution in [1.82, 2.24) is 9.78 Å². The Morgan fingerprint density at radius 3 is 2.91 bits per heavy atom. The number of fused-ring (bicyclic) bond motifs is 1. The number of rotatable bonds is 4. The van der Waals surface area contributed by atoms with E-state index in [9.17, 15) is 4.21 Å². The van der Waals surface area contributed by atoms with Gasteiger partial charge < -0.3 is 10.5 Å². The molecule has 3 N–H and O–H groups in total. The molecule has 1 unspecified atom stereocenters. The zero-order valence-corrected chi connectivity index (χ0v) is 13.3. The molecule has 0 aliphatic carbocycles. The Balaban J connectivity index is 0.000000847. The Bertz CT molecular complexity index is 670. The van der Waals surface area contributed by atoms with Crippen molar-refractivity contribution in [2.24, 2.45) is 10.1 Å². The molecule has 1 aliphatic rings. The summed E-state index contributed by atoms with van der Waals surface area (Å²) in [6, 6.07) is 7.26. The molecular weight excluding hydrogens is 302 g/mol. The minimum atomic E-state index is -1.53. The number of benzene rings is 1. The summed E-state index contributed by atoms with van der Waals surface area (Å²) < 4.78 is 25.4. The molecule has 0 bridgehead atoms. The van der Waals surface area contributed by atoms with E-state index in [-0.39, 0.29) is 5.84 Å². The summed E-state index contributed by atoms with van der Waals surface area (Å²) in [6.07, 6.45) is 3.58. The minimum Gasteiger partial charge on any atom is -0.491 e. The van der Waals surface area contributed by atoms with Gasteiger partial charge in [0.25, 0.3) is 0 Å². The molecular formula is C14H19N5O2S. The molecule has 3 rings (SSSR count). The predicted molar refractivity (Wildman–Crippen MR) is 88.0 cm³/mol. The van der Waals surface area contributed by atoms with Crippen molar-refractivity contribution in [3.8, 4) is 5.75 Å². The molecule has 1 aliphatic heterocycles. The largest absolute Gasteiger partial charge is 0.491 e. The van der Waals surface area contributed by atoms with Gasteiger partial charge in [-0.3, -0.25) is 9.40 Å². The summed E-state index contributed by atoms with van der Waals surface area (Å²) in [4.78, 5) is 0. The molecule has 0 saturated carbocycles. The Kier molecular flexibility index (Phi) is 5.54. The van der Waals surface area contributed by atoms with Gasteiger partial charge in [-0.15, -0.1) is 0 Å². The number of nitrogens with zero attached hydrogens (tertiary/aromatic N) is 3. The summed E-state index contributed by atoms with van der Waals surface area (Å²) in [6.45, 7) is 5.08. The first-order valence-corrected chi connectivity index (χ1v) is 8.11. The maximum Gasteiger partial charge on any atom is 0.245 e. The monoisotopic (exact) mass is 321 g/mol. The smallest absolute Gasteiger partial charge is 0.245 e. The molecule has 2 heterocycles. The molecule has 7 nitrogen and oxygen atoms in total. The standard InChI is InChI=1S/C12H13N5O2S.C2H6/c13-12-11-9(15-20(18)16-12)3-1-4-10(11)19-8-7-17-6-2-5-14-17;1-2/h1-6,15H,7-8H2,(H2,13,16);1-2H3. The first-order chi connectivity index (χ1) is 10.7. The van der Waals surface area contributed by atoms with Gasteiger partial charge >= 0.3 is 0 Å². The van der Waals surface area contributed by atoms with Gasteiger partial charge in [-0.1, -0.05) is 19.9 Å². The van der Waals surface area contributed by atoms with Crippen LogP contribution in [0.3, 0.4) is 0 Å². The fraction of sp³-hybridized carbons (Fsp3) is 0.286. The number of aromatic nitrogens is 2. The first kappa shape index (κ1) is 16.0. The van der Waals surface area contributed by atoms with Crippen LogP contribution in [0.25, 0.3) is 0 Å². The average Bonchev–Trinajstić information content (AvgIpc) is 3.02. The number of hydrogen-bond donors (Lipinski definition) is 2. The normalized spacial score (nSPS) is 15.7. The second-order valence-corrected chi connectivity index (χ2v) is 5.01. The third-order valence-electron chi connectivity index (χ3n) is 2.80. The Morgan fingerprint density at radius 1 is 1.36 bits per heavy atom. The Hall–Kier alpha value is -2.35. The Morgan fingerprint density at radius 2 is 2.18 bits per heavy atom. The first-order valence-electron chi connectivity index (χ1n) is 7.00. The van der Waals surface area contributed by atoms with Crippen LogP contribution in [-0.4, -0.2) is 26.4 Å². The van der Waals surface area contributed by atoms with Gasteiger partial charge in [0.2, 0.25) is 11.2 Å². The summed E-state index contributed by atoms with van der Waals surface area (Å²) in [7, 11) is 0. The molecule has 0 spiro atoms. The number of anilines is 1. The second-order valence-electron chi connectivity index (χ2n) is 4.12. The highest BCUT2D eigenvalue weighted by atomic mass is 32.2. The number of amidine groups is 1. The van der Waals surface area contributed by atoms with E-state index in [0.717, 1.165) is 0 Å². The van der Waals surface area contributed by atoms with Crippen LogP contribution in [0.2, 0.25) is 0 Å². The SMILES string of the molecule is CC.NC1=NS(=O)Nc2cccc(OCCn3cccn3)c21. The number of nitrogens with one attached hydrogen (secondary N) is 1. The maximum absolute atomic E-state index is 11.4. The minimum absolute atomic E-state index is 0.215. The zero-order chi connectivity index (χ0) is 15.9. The summed E-state index contributed by atoms with van der Waals surface area (Å²) >= 11 is -1.53. The van der Waals surface area contributed by atoms with Crippen LogP contribution in [0.4, 0.5) is 5.69 Å². The molecule has 0 radical (unpaired) electrons. The van der Waals surface area contributed by atoms with Crippen LogP contribution in [0.1, 0.15) is 19.4 Å². The lowest BCUT2D eigenvalue weighted by molar-refractivity contribution is 0.291. The molecule has 0 saturated heterocycles. The van der Waals surface area contributed by atoms with Crippen LogP contribution in [0.15, 0.2) is 41.1 Å². The van der Waals surface area contributed by atoms with Gasteiger partial charge in [0.15, 0.2) is 0 Å². The molecule has 22 heavy (non-hydrogen) atoms. The number of nitrogens with two attached hydrogens (primary N) is 1. The maximum atomic E-state index is 11.4. The highest BCUT2D eigenvalue weighted by Crippen LogP contribution is 2.29. The van der Waals surface area contributed by atoms with Crippen molar-refractivity contribution in [2.45, 2.75) is 20.4 Å². The van der Waals surface area contributed by atoms with E-state index < -0.39 is 11.2 Å². The third kappa shape index (κ3) is 3.64. The lowest BCUT2D eigenvalue weighted by atomic mass is 10.1. The van der Waals surface area contributed by atoms with Gasteiger partial charge in [0, 0.05) is 12.4 Å². The van der Waals surface area contributed by atoms with Crippen molar-refractivity contribution in [1.29, 1.82) is 0 Å². The van der Waals surface area contributed by atoms with Crippen LogP contribution < -0.4 is 15.2 Å². The van der Waals surface area contributed by atoms with Gasteiger partial charge in [0.1, 0.15) is 18.2 Å². The second kappa shape index (κ2) is 7.60. The lowest BCUT2D eigenvalue weighted by Crippen LogP contribution is -2.24. The van der Waals surface area contributed by atoms with Crippen LogP contribution in [-0.2, 0) is 17.7 Å². The fourth-order valence-electron chi connectivity index (χ4n) is 1.93. The quantitative estimate of drug-likeness (QED) is 0.896. The average molecular weight is 321 g/mol. The van der Waals surface area contributed by atoms with Crippen molar-refractivity contribution >= 4 is 22.7 Å². The molecule has 0 amide bonds. The van der Waals surface area contributed by atoms with E-state index in [1.807, 2.05) is 32.2 Å². The summed E-state index contributed by atoms with van der Waals surface area (Å²) in [5.74, 6) is 0.826. The number of hydrogen-bond acceptors (Lipinski definition) is 4. The van der Waals surface area contributed by atoms with Gasteiger partial charge in [-0.05, 0) is 18.2 Å². The zero-order valence-electron chi connectivity index (χ0n) is 12.5. The molecule has 1 atom stereocenters. The molecule has 0 fully saturated rings. The topological polar surface area (TPSA) is 94.5 Å². The molecule has 1 aromatic carbocycles. The third-order valence-corrected chi connectivity index (χ3v) is 3.56. The van der Waals surface area contributed by atoms with Crippen molar-refractivity contribution in [3.05, 3.63) is 42.2 Å². The van der Waals surface area contributed by atoms with E-state index in [1.165, 1.54) is 0 Å². The van der Waals surface area contributed by atoms with Gasteiger partial charge in [-0.25, -0.2) is 4.21 Å². The van der Waals surface area contributed by atoms with Crippen molar-refractivity contribution in [3.63, 3.8) is 0 Å². The highest BCUT2D eigenvalue weighted by Gasteiger charge is 2.19. The van der Waals surface area contributed by atoms with E-state index in [2.05, 4.69) is 14.2 Å². The van der Waals surface area contributed by atoms with Crippen LogP contribution >= 0.6 is 0 Å². The molecule has 8 heteroatoms. The number of ether oxygens (including phenoxy) is 1. The summed E-state index contributed by atoms with van der Waals surface area (Å²) in [5, 5.41) is 4.10. The van der Waals surface area contributed by atoms with Gasteiger partial charge in [-0.2, -0.15) is 9.50 Å². The summed E-state index contributed by atoms with van der Waals surface area (Å²) in [5.41, 5.74) is 7.13. The van der Waals surface area contributed by atoms with Crippen LogP contribution in [0, 0.1) is 0 Å². The molecule has 2 aromatic rings. The molecule has 1 aromatic heterocycles. The molecule has 118 valence electrons.